The lowest BCUT2D eigenvalue weighted by molar-refractivity contribution is 0.00452. The number of nitrogens with one attached hydrogen (secondary N) is 2. The van der Waals surface area contributed by atoms with Crippen LogP contribution in [0.3, 0.4) is 0 Å². The van der Waals surface area contributed by atoms with E-state index >= 15 is 0 Å². The van der Waals surface area contributed by atoms with Gasteiger partial charge in [-0.3, -0.25) is 10.00 Å². The highest BCUT2D eigenvalue weighted by molar-refractivity contribution is 5.72. The van der Waals surface area contributed by atoms with E-state index in [0.29, 0.717) is 24.6 Å². The highest BCUT2D eigenvalue weighted by Gasteiger charge is 2.45. The number of anilines is 2. The third-order valence-electron chi connectivity index (χ3n) is 4.43. The molecule has 0 fully saturated rings. The standard InChI is InChI=1S/C18H25FN6O2/c1-7-12-20-8-11(19)15(21-12)22-14-10-9-25(16(26)27-17(2,3)4)18(5,6)13(10)23-24-14/h8H,7,9H2,1-6H3,(H2,20,21,22,23,24). The number of aromatic nitrogens is 4. The highest BCUT2D eigenvalue weighted by atomic mass is 19.1. The number of carbonyl (C=O) groups is 1. The van der Waals surface area contributed by atoms with Crippen LogP contribution < -0.4 is 5.32 Å². The zero-order valence-corrected chi connectivity index (χ0v) is 16.5. The molecule has 1 aliphatic heterocycles. The number of hydrogen-bond acceptors (Lipinski definition) is 6. The molecule has 0 saturated heterocycles. The number of rotatable bonds is 3. The molecule has 0 bridgehead atoms. The largest absolute Gasteiger partial charge is 0.444 e. The minimum atomic E-state index is -0.636. The molecule has 3 rings (SSSR count). The number of hydrogen-bond donors (Lipinski definition) is 2. The zero-order chi connectivity index (χ0) is 20.0. The Morgan fingerprint density at radius 2 is 2.11 bits per heavy atom. The van der Waals surface area contributed by atoms with Crippen molar-refractivity contribution in [2.45, 2.75) is 65.6 Å². The molecule has 9 heteroatoms. The Labute approximate surface area is 157 Å². The van der Waals surface area contributed by atoms with Gasteiger partial charge in [0.1, 0.15) is 11.4 Å². The number of amides is 1. The second kappa shape index (κ2) is 6.47. The average molecular weight is 376 g/mol. The maximum atomic E-state index is 14.1. The second-order valence-electron chi connectivity index (χ2n) is 8.01. The fraction of sp³-hybridized carbons (Fsp3) is 0.556. The first-order valence-corrected chi connectivity index (χ1v) is 8.89. The molecular formula is C18H25FN6O2. The number of aromatic amines is 1. The summed E-state index contributed by atoms with van der Waals surface area (Å²) in [4.78, 5) is 22.3. The Bertz CT molecular complexity index is 871. The van der Waals surface area contributed by atoms with Crippen LogP contribution in [0, 0.1) is 5.82 Å². The summed E-state index contributed by atoms with van der Waals surface area (Å²) in [5.74, 6) is 0.459. The first-order chi connectivity index (χ1) is 12.5. The van der Waals surface area contributed by atoms with Crippen LogP contribution in [0.25, 0.3) is 0 Å². The van der Waals surface area contributed by atoms with E-state index in [1.54, 1.807) is 4.90 Å². The van der Waals surface area contributed by atoms with Gasteiger partial charge in [0.25, 0.3) is 0 Å². The van der Waals surface area contributed by atoms with Gasteiger partial charge in [0.15, 0.2) is 17.5 Å². The first kappa shape index (κ1) is 19.1. The Morgan fingerprint density at radius 1 is 1.41 bits per heavy atom. The van der Waals surface area contributed by atoms with Crippen LogP contribution in [-0.4, -0.2) is 36.8 Å². The fourth-order valence-electron chi connectivity index (χ4n) is 3.00. The topological polar surface area (TPSA) is 96.0 Å². The normalized spacial score (nSPS) is 15.6. The smallest absolute Gasteiger partial charge is 0.411 e. The second-order valence-corrected chi connectivity index (χ2v) is 8.01. The highest BCUT2D eigenvalue weighted by Crippen LogP contribution is 2.41. The Balaban J connectivity index is 1.88. The van der Waals surface area contributed by atoms with Gasteiger partial charge in [-0.05, 0) is 34.6 Å². The fourth-order valence-corrected chi connectivity index (χ4v) is 3.00. The number of aryl methyl sites for hydroxylation is 1. The summed E-state index contributed by atoms with van der Waals surface area (Å²) in [5, 5.41) is 10.1. The van der Waals surface area contributed by atoms with Gasteiger partial charge in [-0.15, -0.1) is 0 Å². The van der Waals surface area contributed by atoms with Crippen molar-refractivity contribution >= 4 is 17.7 Å². The van der Waals surface area contributed by atoms with Crippen molar-refractivity contribution in [1.82, 2.24) is 25.1 Å². The number of halogens is 1. The predicted octanol–water partition coefficient (Wildman–Crippen LogP) is 3.63. The maximum absolute atomic E-state index is 14.1. The molecule has 0 atom stereocenters. The molecule has 2 aromatic heterocycles. The summed E-state index contributed by atoms with van der Waals surface area (Å²) in [6.07, 6.45) is 1.31. The summed E-state index contributed by atoms with van der Waals surface area (Å²) in [6, 6.07) is 0. The van der Waals surface area contributed by atoms with Crippen LogP contribution in [0.4, 0.5) is 20.8 Å². The van der Waals surface area contributed by atoms with Crippen molar-refractivity contribution in [2.75, 3.05) is 5.32 Å². The van der Waals surface area contributed by atoms with Gasteiger partial charge in [0.05, 0.1) is 24.0 Å². The molecule has 2 N–H and O–H groups in total. The molecule has 8 nitrogen and oxygen atoms in total. The molecule has 0 saturated carbocycles. The Kier molecular flexibility index (Phi) is 4.57. The third-order valence-corrected chi connectivity index (χ3v) is 4.43. The van der Waals surface area contributed by atoms with E-state index in [4.69, 9.17) is 4.74 Å². The summed E-state index contributed by atoms with van der Waals surface area (Å²) in [7, 11) is 0. The Hall–Kier alpha value is -2.71. The van der Waals surface area contributed by atoms with Gasteiger partial charge >= 0.3 is 6.09 Å². The van der Waals surface area contributed by atoms with E-state index in [1.807, 2.05) is 41.5 Å². The van der Waals surface area contributed by atoms with Crippen molar-refractivity contribution in [2.24, 2.45) is 0 Å². The molecule has 0 spiro atoms. The predicted molar refractivity (Wildman–Crippen MR) is 98.0 cm³/mol. The quantitative estimate of drug-likeness (QED) is 0.849. The monoisotopic (exact) mass is 376 g/mol. The molecular weight excluding hydrogens is 351 g/mol. The van der Waals surface area contributed by atoms with Gasteiger partial charge in [-0.2, -0.15) is 5.10 Å². The molecule has 0 aromatic carbocycles. The molecule has 1 amide bonds. The molecule has 0 unspecified atom stereocenters. The van der Waals surface area contributed by atoms with Crippen LogP contribution in [-0.2, 0) is 23.2 Å². The van der Waals surface area contributed by atoms with E-state index < -0.39 is 23.1 Å². The zero-order valence-electron chi connectivity index (χ0n) is 16.5. The number of ether oxygens (including phenoxy) is 1. The van der Waals surface area contributed by atoms with E-state index in [1.165, 1.54) is 0 Å². The van der Waals surface area contributed by atoms with Crippen molar-refractivity contribution in [3.8, 4) is 0 Å². The van der Waals surface area contributed by atoms with Crippen LogP contribution >= 0.6 is 0 Å². The molecule has 0 aliphatic carbocycles. The van der Waals surface area contributed by atoms with E-state index in [0.717, 1.165) is 17.5 Å². The minimum absolute atomic E-state index is 0.0599. The van der Waals surface area contributed by atoms with Crippen LogP contribution in [0.15, 0.2) is 6.20 Å². The average Bonchev–Trinajstić information content (AvgIpc) is 3.07. The van der Waals surface area contributed by atoms with Crippen molar-refractivity contribution in [3.63, 3.8) is 0 Å². The third kappa shape index (κ3) is 3.58. The van der Waals surface area contributed by atoms with Crippen molar-refractivity contribution in [3.05, 3.63) is 29.1 Å². The molecule has 3 heterocycles. The molecule has 27 heavy (non-hydrogen) atoms. The van der Waals surface area contributed by atoms with Crippen molar-refractivity contribution in [1.29, 1.82) is 0 Å². The lowest BCUT2D eigenvalue weighted by Crippen LogP contribution is -2.43. The van der Waals surface area contributed by atoms with Crippen LogP contribution in [0.2, 0.25) is 0 Å². The number of fused-ring (bicyclic) bond motifs is 1. The molecule has 0 radical (unpaired) electrons. The number of nitrogens with zero attached hydrogens (tertiary/aromatic N) is 4. The maximum Gasteiger partial charge on any atom is 0.411 e. The first-order valence-electron chi connectivity index (χ1n) is 8.89. The van der Waals surface area contributed by atoms with Crippen LogP contribution in [0.5, 0.6) is 0 Å². The van der Waals surface area contributed by atoms with Crippen LogP contribution in [0.1, 0.15) is 58.6 Å². The van der Waals surface area contributed by atoms with E-state index in [-0.39, 0.29) is 5.82 Å². The lowest BCUT2D eigenvalue weighted by Gasteiger charge is -2.33. The molecule has 146 valence electrons. The summed E-state index contributed by atoms with van der Waals surface area (Å²) in [5.41, 5.74) is 0.329. The number of H-pyrrole nitrogens is 1. The molecule has 2 aromatic rings. The SMILES string of the molecule is CCc1ncc(F)c(Nc2n[nH]c3c2CN(C(=O)OC(C)(C)C)C3(C)C)n1. The lowest BCUT2D eigenvalue weighted by atomic mass is 10.0. The molecule has 1 aliphatic rings. The van der Waals surface area contributed by atoms with Crippen molar-refractivity contribution < 1.29 is 13.9 Å². The summed E-state index contributed by atoms with van der Waals surface area (Å²) < 4.78 is 19.6. The van der Waals surface area contributed by atoms with Gasteiger partial charge in [0, 0.05) is 12.0 Å². The number of carbonyl (C=O) groups excluding carboxylic acids is 1. The van der Waals surface area contributed by atoms with Gasteiger partial charge < -0.3 is 10.1 Å². The summed E-state index contributed by atoms with van der Waals surface area (Å²) in [6.45, 7) is 11.5. The van der Waals surface area contributed by atoms with Gasteiger partial charge in [-0.1, -0.05) is 6.92 Å². The van der Waals surface area contributed by atoms with Gasteiger partial charge in [-0.25, -0.2) is 19.2 Å². The minimum Gasteiger partial charge on any atom is -0.444 e. The van der Waals surface area contributed by atoms with E-state index in [9.17, 15) is 9.18 Å². The Morgan fingerprint density at radius 3 is 2.74 bits per heavy atom. The van der Waals surface area contributed by atoms with Gasteiger partial charge in [0.2, 0.25) is 0 Å². The van der Waals surface area contributed by atoms with E-state index in [2.05, 4.69) is 25.5 Å². The summed E-state index contributed by atoms with van der Waals surface area (Å²) >= 11 is 0.